The zero-order chi connectivity index (χ0) is 22.0. The van der Waals surface area contributed by atoms with E-state index in [-0.39, 0.29) is 47.9 Å². The van der Waals surface area contributed by atoms with Crippen molar-refractivity contribution < 1.29 is 19.1 Å². The molecule has 0 unspecified atom stereocenters. The highest BCUT2D eigenvalue weighted by atomic mass is 79.9. The van der Waals surface area contributed by atoms with Gasteiger partial charge in [0.25, 0.3) is 0 Å². The van der Waals surface area contributed by atoms with Crippen molar-refractivity contribution in [3.63, 3.8) is 0 Å². The number of likely N-dealkylation sites (tertiary alicyclic amines) is 1. The van der Waals surface area contributed by atoms with Gasteiger partial charge in [0, 0.05) is 10.2 Å². The Kier molecular flexibility index (Phi) is 4.50. The molecule has 32 heavy (non-hydrogen) atoms. The normalized spacial score (nSPS) is 31.3. The zero-order valence-corrected chi connectivity index (χ0v) is 18.7. The number of hydrogen-bond acceptors (Lipinski definition) is 4. The van der Waals surface area contributed by atoms with Crippen LogP contribution in [0.5, 0.6) is 11.5 Å². The molecule has 7 heteroatoms. The van der Waals surface area contributed by atoms with Gasteiger partial charge in [-0.25, -0.2) is 0 Å². The largest absolute Gasteiger partial charge is 0.457 e. The highest BCUT2D eigenvalue weighted by Gasteiger charge is 2.67. The van der Waals surface area contributed by atoms with Gasteiger partial charge in [-0.2, -0.15) is 0 Å². The van der Waals surface area contributed by atoms with Crippen molar-refractivity contribution in [3.05, 3.63) is 65.2 Å². The lowest BCUT2D eigenvalue weighted by molar-refractivity contribution is -0.142. The predicted octanol–water partition coefficient (Wildman–Crippen LogP) is 4.23. The van der Waals surface area contributed by atoms with E-state index < -0.39 is 0 Å². The van der Waals surface area contributed by atoms with Crippen LogP contribution < -0.4 is 10.1 Å². The first-order chi connectivity index (χ1) is 15.5. The Balaban J connectivity index is 1.09. The van der Waals surface area contributed by atoms with E-state index >= 15 is 0 Å². The molecule has 6 atom stereocenters. The van der Waals surface area contributed by atoms with Gasteiger partial charge in [-0.15, -0.1) is 0 Å². The third-order valence-electron chi connectivity index (χ3n) is 7.24. The van der Waals surface area contributed by atoms with Gasteiger partial charge >= 0.3 is 0 Å². The summed E-state index contributed by atoms with van der Waals surface area (Å²) in [6.45, 7) is -0.239. The number of carbonyl (C=O) groups is 3. The summed E-state index contributed by atoms with van der Waals surface area (Å²) in [7, 11) is 0. The van der Waals surface area contributed by atoms with E-state index in [1.165, 1.54) is 4.90 Å². The standard InChI is InChI=1S/C25H21BrN2O4/c26-13-1-5-15(6-2-13)32-16-7-3-14(4-8-16)27-21(29)12-28-24(30)22-17-9-10-18(20-11-19(17)20)23(22)25(28)31/h1-10,17-20,22-23H,11-12H2,(H,27,29)/t17-,18-,19-,20-,22+,23+/m1/s1. The first-order valence-corrected chi connectivity index (χ1v) is 11.7. The number of carbonyl (C=O) groups excluding carboxylic acids is 3. The zero-order valence-electron chi connectivity index (χ0n) is 17.1. The molecule has 0 aromatic heterocycles. The van der Waals surface area contributed by atoms with Crippen molar-refractivity contribution in [1.29, 1.82) is 0 Å². The van der Waals surface area contributed by atoms with Crippen LogP contribution in [0.25, 0.3) is 0 Å². The van der Waals surface area contributed by atoms with Gasteiger partial charge in [0.1, 0.15) is 18.0 Å². The van der Waals surface area contributed by atoms with Crippen LogP contribution in [0, 0.1) is 35.5 Å². The summed E-state index contributed by atoms with van der Waals surface area (Å²) in [6.07, 6.45) is 5.39. The molecule has 0 spiro atoms. The number of ether oxygens (including phenoxy) is 1. The maximum atomic E-state index is 13.0. The molecule has 2 saturated carbocycles. The molecule has 2 aromatic rings. The molecule has 2 aromatic carbocycles. The van der Waals surface area contributed by atoms with E-state index in [2.05, 4.69) is 33.4 Å². The monoisotopic (exact) mass is 492 g/mol. The second-order valence-electron chi connectivity index (χ2n) is 9.05. The number of nitrogens with one attached hydrogen (secondary N) is 1. The molecule has 1 saturated heterocycles. The minimum atomic E-state index is -0.377. The lowest BCUT2D eigenvalue weighted by atomic mass is 9.63. The molecule has 1 N–H and O–H groups in total. The van der Waals surface area contributed by atoms with Crippen LogP contribution in [0.3, 0.4) is 0 Å². The van der Waals surface area contributed by atoms with Crippen molar-refractivity contribution >= 4 is 39.3 Å². The molecule has 4 aliphatic carbocycles. The SMILES string of the molecule is O=C(CN1C(=O)[C@H]2[C@@H]3C=C[C@H]([C@H]4C[C@H]34)[C@@H]2C1=O)Nc1ccc(Oc2ccc(Br)cc2)cc1. The second kappa shape index (κ2) is 7.30. The Morgan fingerprint density at radius 3 is 2.00 bits per heavy atom. The van der Waals surface area contributed by atoms with Crippen molar-refractivity contribution in [2.45, 2.75) is 6.42 Å². The topological polar surface area (TPSA) is 75.7 Å². The number of nitrogens with zero attached hydrogens (tertiary/aromatic N) is 1. The summed E-state index contributed by atoms with van der Waals surface area (Å²) in [5.41, 5.74) is 0.581. The lowest BCUT2D eigenvalue weighted by Gasteiger charge is -2.37. The van der Waals surface area contributed by atoms with Crippen LogP contribution in [-0.2, 0) is 14.4 Å². The van der Waals surface area contributed by atoms with E-state index in [4.69, 9.17) is 4.74 Å². The number of amides is 3. The van der Waals surface area contributed by atoms with Crippen molar-refractivity contribution in [2.75, 3.05) is 11.9 Å². The Labute approximate surface area is 193 Å². The fourth-order valence-corrected chi connectivity index (χ4v) is 6.03. The lowest BCUT2D eigenvalue weighted by Crippen LogP contribution is -2.40. The molecule has 1 aliphatic heterocycles. The molecule has 6 nitrogen and oxygen atoms in total. The van der Waals surface area contributed by atoms with Gasteiger partial charge in [0.2, 0.25) is 17.7 Å². The van der Waals surface area contributed by atoms with Crippen LogP contribution in [0.15, 0.2) is 65.2 Å². The van der Waals surface area contributed by atoms with Crippen LogP contribution in [0.1, 0.15) is 6.42 Å². The van der Waals surface area contributed by atoms with Gasteiger partial charge in [0.05, 0.1) is 11.8 Å². The van der Waals surface area contributed by atoms with Crippen LogP contribution >= 0.6 is 15.9 Å². The summed E-state index contributed by atoms with van der Waals surface area (Å²) >= 11 is 3.39. The summed E-state index contributed by atoms with van der Waals surface area (Å²) in [5, 5.41) is 2.78. The third-order valence-corrected chi connectivity index (χ3v) is 7.77. The van der Waals surface area contributed by atoms with Crippen LogP contribution in [0.2, 0.25) is 0 Å². The van der Waals surface area contributed by atoms with Crippen molar-refractivity contribution in [1.82, 2.24) is 4.90 Å². The Bertz CT molecular complexity index is 1110. The molecular formula is C25H21BrN2O4. The van der Waals surface area contributed by atoms with Crippen LogP contribution in [0.4, 0.5) is 5.69 Å². The second-order valence-corrected chi connectivity index (χ2v) is 9.96. The van der Waals surface area contributed by atoms with Gasteiger partial charge in [0.15, 0.2) is 0 Å². The maximum Gasteiger partial charge on any atom is 0.244 e. The Morgan fingerprint density at radius 1 is 0.906 bits per heavy atom. The Hall–Kier alpha value is -2.93. The molecule has 3 fully saturated rings. The van der Waals surface area contributed by atoms with Gasteiger partial charge < -0.3 is 10.1 Å². The number of halogens is 1. The minimum Gasteiger partial charge on any atom is -0.457 e. The predicted molar refractivity (Wildman–Crippen MR) is 121 cm³/mol. The molecule has 3 amide bonds. The molecule has 7 rings (SSSR count). The highest BCUT2D eigenvalue weighted by Crippen LogP contribution is 2.65. The third kappa shape index (κ3) is 3.18. The number of hydrogen-bond donors (Lipinski definition) is 1. The van der Waals surface area contributed by atoms with E-state index in [0.29, 0.717) is 29.0 Å². The number of benzene rings is 2. The molecule has 2 bridgehead atoms. The van der Waals surface area contributed by atoms with Crippen molar-refractivity contribution in [2.24, 2.45) is 35.5 Å². The first-order valence-electron chi connectivity index (χ1n) is 10.9. The van der Waals surface area contributed by atoms with E-state index in [9.17, 15) is 14.4 Å². The summed E-state index contributed by atoms with van der Waals surface area (Å²) < 4.78 is 6.75. The van der Waals surface area contributed by atoms with Gasteiger partial charge in [-0.05, 0) is 78.6 Å². The average Bonchev–Trinajstić information content (AvgIpc) is 3.58. The number of anilines is 1. The molecule has 0 radical (unpaired) electrons. The number of imide groups is 1. The fraction of sp³-hybridized carbons (Fsp3) is 0.320. The number of rotatable bonds is 5. The van der Waals surface area contributed by atoms with E-state index in [0.717, 1.165) is 10.9 Å². The fourth-order valence-electron chi connectivity index (χ4n) is 5.76. The van der Waals surface area contributed by atoms with E-state index in [1.54, 1.807) is 24.3 Å². The average molecular weight is 493 g/mol. The van der Waals surface area contributed by atoms with Crippen molar-refractivity contribution in [3.8, 4) is 11.5 Å². The quantitative estimate of drug-likeness (QED) is 0.500. The smallest absolute Gasteiger partial charge is 0.244 e. The van der Waals surface area contributed by atoms with Gasteiger partial charge in [-0.3, -0.25) is 19.3 Å². The van der Waals surface area contributed by atoms with E-state index in [1.807, 2.05) is 24.3 Å². The Morgan fingerprint density at radius 2 is 1.44 bits per heavy atom. The molecule has 1 heterocycles. The molecule has 162 valence electrons. The summed E-state index contributed by atoms with van der Waals surface area (Å²) in [5.74, 6) is 1.49. The minimum absolute atomic E-state index is 0.165. The summed E-state index contributed by atoms with van der Waals surface area (Å²) in [4.78, 5) is 39.8. The highest BCUT2D eigenvalue weighted by molar-refractivity contribution is 9.10. The summed E-state index contributed by atoms with van der Waals surface area (Å²) in [6, 6.07) is 14.5. The first kappa shape index (κ1) is 19.7. The maximum absolute atomic E-state index is 13.0. The number of allylic oxidation sites excluding steroid dienone is 2. The van der Waals surface area contributed by atoms with Crippen LogP contribution in [-0.4, -0.2) is 29.2 Å². The molecule has 5 aliphatic rings. The molecular weight excluding hydrogens is 472 g/mol. The van der Waals surface area contributed by atoms with Gasteiger partial charge in [-0.1, -0.05) is 28.1 Å².